The summed E-state index contributed by atoms with van der Waals surface area (Å²) in [5.74, 6) is 0.998. The van der Waals surface area contributed by atoms with Crippen LogP contribution in [0.1, 0.15) is 33.6 Å². The molecule has 2 unspecified atom stereocenters. The third-order valence-corrected chi connectivity index (χ3v) is 2.41. The van der Waals surface area contributed by atoms with Gasteiger partial charge in [0.2, 0.25) is 0 Å². The van der Waals surface area contributed by atoms with Crippen molar-refractivity contribution in [3.05, 3.63) is 11.6 Å². The van der Waals surface area contributed by atoms with Crippen molar-refractivity contribution in [1.29, 1.82) is 0 Å². The Morgan fingerprint density at radius 1 is 1.69 bits per heavy atom. The third-order valence-electron chi connectivity index (χ3n) is 2.41. The van der Waals surface area contributed by atoms with Gasteiger partial charge in [-0.05, 0) is 31.6 Å². The average molecular weight is 182 g/mol. The molecule has 0 aromatic heterocycles. The molecule has 0 fully saturated rings. The van der Waals surface area contributed by atoms with E-state index in [1.165, 1.54) is 12.5 Å². The fourth-order valence-electron chi connectivity index (χ4n) is 2.05. The number of allylic oxidation sites excluding steroid dienone is 2. The zero-order valence-electron chi connectivity index (χ0n) is 8.67. The minimum atomic E-state index is -0.167. The van der Waals surface area contributed by atoms with Crippen LogP contribution < -0.4 is 0 Å². The summed E-state index contributed by atoms with van der Waals surface area (Å²) in [7, 11) is 0. The first-order valence-corrected chi connectivity index (χ1v) is 4.88. The van der Waals surface area contributed by atoms with Gasteiger partial charge < -0.3 is 4.74 Å². The molecule has 13 heavy (non-hydrogen) atoms. The van der Waals surface area contributed by atoms with E-state index in [-0.39, 0.29) is 5.97 Å². The van der Waals surface area contributed by atoms with Crippen molar-refractivity contribution >= 4 is 5.97 Å². The van der Waals surface area contributed by atoms with Crippen LogP contribution in [0, 0.1) is 11.8 Å². The summed E-state index contributed by atoms with van der Waals surface area (Å²) >= 11 is 0. The van der Waals surface area contributed by atoms with Gasteiger partial charge in [0.1, 0.15) is 0 Å². The minimum absolute atomic E-state index is 0.167. The lowest BCUT2D eigenvalue weighted by molar-refractivity contribution is -0.142. The molecule has 0 saturated heterocycles. The largest absolute Gasteiger partial charge is 0.466 e. The maximum absolute atomic E-state index is 10.6. The van der Waals surface area contributed by atoms with E-state index in [0.717, 1.165) is 12.8 Å². The lowest BCUT2D eigenvalue weighted by Crippen LogP contribution is -2.18. The molecular weight excluding hydrogens is 164 g/mol. The molecule has 2 atom stereocenters. The minimum Gasteiger partial charge on any atom is -0.466 e. The van der Waals surface area contributed by atoms with Crippen LogP contribution in [0.25, 0.3) is 0 Å². The van der Waals surface area contributed by atoms with E-state index < -0.39 is 0 Å². The van der Waals surface area contributed by atoms with Crippen LogP contribution in [0.3, 0.4) is 0 Å². The summed E-state index contributed by atoms with van der Waals surface area (Å²) in [4.78, 5) is 10.6. The summed E-state index contributed by atoms with van der Waals surface area (Å²) in [6, 6.07) is 0. The van der Waals surface area contributed by atoms with Crippen LogP contribution in [0.4, 0.5) is 0 Å². The zero-order chi connectivity index (χ0) is 9.84. The predicted molar refractivity (Wildman–Crippen MR) is 52.3 cm³/mol. The molecule has 1 rings (SSSR count). The maximum Gasteiger partial charge on any atom is 0.302 e. The number of ether oxygens (including phenoxy) is 1. The van der Waals surface area contributed by atoms with E-state index >= 15 is 0 Å². The first-order chi connectivity index (χ1) is 6.08. The van der Waals surface area contributed by atoms with Gasteiger partial charge in [-0.25, -0.2) is 0 Å². The fourth-order valence-corrected chi connectivity index (χ4v) is 2.05. The van der Waals surface area contributed by atoms with E-state index in [4.69, 9.17) is 4.74 Å². The highest BCUT2D eigenvalue weighted by Crippen LogP contribution is 2.27. The third kappa shape index (κ3) is 3.62. The molecule has 0 aliphatic heterocycles. The Labute approximate surface area is 80.0 Å². The second kappa shape index (κ2) is 4.45. The van der Waals surface area contributed by atoms with Gasteiger partial charge in [-0.15, -0.1) is 0 Å². The summed E-state index contributed by atoms with van der Waals surface area (Å²) in [6.45, 7) is 6.42. The first kappa shape index (κ1) is 10.3. The van der Waals surface area contributed by atoms with Crippen LogP contribution in [0.2, 0.25) is 0 Å². The first-order valence-electron chi connectivity index (χ1n) is 4.88. The van der Waals surface area contributed by atoms with Crippen molar-refractivity contribution in [2.75, 3.05) is 6.61 Å². The second-order valence-corrected chi connectivity index (χ2v) is 4.10. The monoisotopic (exact) mass is 182 g/mol. The lowest BCUT2D eigenvalue weighted by atomic mass is 9.84. The van der Waals surface area contributed by atoms with Crippen LogP contribution in [0.15, 0.2) is 11.6 Å². The molecule has 2 heteroatoms. The van der Waals surface area contributed by atoms with Gasteiger partial charge in [-0.3, -0.25) is 4.79 Å². The Kier molecular flexibility index (Phi) is 3.52. The molecule has 0 bridgehead atoms. The van der Waals surface area contributed by atoms with Crippen LogP contribution in [0.5, 0.6) is 0 Å². The normalized spacial score (nSPS) is 28.1. The molecule has 0 amide bonds. The number of carbonyl (C=O) groups excluding carboxylic acids is 1. The predicted octanol–water partition coefficient (Wildman–Crippen LogP) is 2.54. The van der Waals surface area contributed by atoms with E-state index in [0.29, 0.717) is 18.4 Å². The molecule has 1 aliphatic carbocycles. The van der Waals surface area contributed by atoms with Gasteiger partial charge in [-0.2, -0.15) is 0 Å². The molecule has 0 spiro atoms. The average Bonchev–Trinajstić information content (AvgIpc) is 1.99. The summed E-state index contributed by atoms with van der Waals surface area (Å²) in [5.41, 5.74) is 1.43. The van der Waals surface area contributed by atoms with Gasteiger partial charge >= 0.3 is 5.97 Å². The lowest BCUT2D eigenvalue weighted by Gasteiger charge is -2.24. The topological polar surface area (TPSA) is 26.3 Å². The maximum atomic E-state index is 10.6. The smallest absolute Gasteiger partial charge is 0.302 e. The Hall–Kier alpha value is -0.790. The quantitative estimate of drug-likeness (QED) is 0.484. The van der Waals surface area contributed by atoms with E-state index in [2.05, 4.69) is 19.9 Å². The molecule has 2 nitrogen and oxygen atoms in total. The highest BCUT2D eigenvalue weighted by atomic mass is 16.5. The molecule has 1 aliphatic rings. The highest BCUT2D eigenvalue weighted by molar-refractivity contribution is 5.65. The van der Waals surface area contributed by atoms with Crippen LogP contribution in [-0.4, -0.2) is 12.6 Å². The molecular formula is C11H18O2. The second-order valence-electron chi connectivity index (χ2n) is 4.10. The van der Waals surface area contributed by atoms with Gasteiger partial charge in [0.25, 0.3) is 0 Å². The molecule has 0 aromatic carbocycles. The number of rotatable bonds is 2. The van der Waals surface area contributed by atoms with Gasteiger partial charge in [0, 0.05) is 6.92 Å². The van der Waals surface area contributed by atoms with Gasteiger partial charge in [0.05, 0.1) is 6.61 Å². The van der Waals surface area contributed by atoms with E-state index in [1.54, 1.807) is 0 Å². The van der Waals surface area contributed by atoms with Crippen molar-refractivity contribution in [2.45, 2.75) is 33.6 Å². The van der Waals surface area contributed by atoms with Crippen molar-refractivity contribution in [3.63, 3.8) is 0 Å². The standard InChI is InChI=1S/C11H18O2/c1-8-4-9(2)6-11(5-8)7-13-10(3)12/h4,8,11H,5-7H2,1-3H3. The van der Waals surface area contributed by atoms with Crippen molar-refractivity contribution in [1.82, 2.24) is 0 Å². The molecule has 74 valence electrons. The summed E-state index contributed by atoms with van der Waals surface area (Å²) < 4.78 is 5.01. The Morgan fingerprint density at radius 3 is 2.92 bits per heavy atom. The van der Waals surface area contributed by atoms with Crippen molar-refractivity contribution < 1.29 is 9.53 Å². The van der Waals surface area contributed by atoms with E-state index in [9.17, 15) is 4.79 Å². The molecule has 0 radical (unpaired) electrons. The fraction of sp³-hybridized carbons (Fsp3) is 0.727. The number of hydrogen-bond donors (Lipinski definition) is 0. The Morgan fingerprint density at radius 2 is 2.38 bits per heavy atom. The van der Waals surface area contributed by atoms with Gasteiger partial charge in [0.15, 0.2) is 0 Å². The number of esters is 1. The van der Waals surface area contributed by atoms with E-state index in [1.807, 2.05) is 0 Å². The van der Waals surface area contributed by atoms with Crippen LogP contribution >= 0.6 is 0 Å². The Balaban J connectivity index is 2.37. The van der Waals surface area contributed by atoms with Crippen molar-refractivity contribution in [3.8, 4) is 0 Å². The number of hydrogen-bond acceptors (Lipinski definition) is 2. The number of carbonyl (C=O) groups is 1. The van der Waals surface area contributed by atoms with Crippen LogP contribution in [-0.2, 0) is 9.53 Å². The highest BCUT2D eigenvalue weighted by Gasteiger charge is 2.18. The van der Waals surface area contributed by atoms with Gasteiger partial charge in [-0.1, -0.05) is 18.6 Å². The SMILES string of the molecule is CC(=O)OCC1CC(C)=CC(C)C1. The molecule has 0 heterocycles. The molecule has 0 N–H and O–H groups in total. The van der Waals surface area contributed by atoms with Crippen molar-refractivity contribution in [2.24, 2.45) is 11.8 Å². The summed E-state index contributed by atoms with van der Waals surface area (Å²) in [5, 5.41) is 0. The summed E-state index contributed by atoms with van der Waals surface area (Å²) in [6.07, 6.45) is 4.53. The zero-order valence-corrected chi connectivity index (χ0v) is 8.67. The Bertz CT molecular complexity index is 218. The molecule has 0 aromatic rings. The molecule has 0 saturated carbocycles.